The molecule has 0 aliphatic carbocycles. The molecule has 1 aliphatic heterocycles. The number of carbonyl (C=O) groups is 2. The maximum absolute atomic E-state index is 12.7. The van der Waals surface area contributed by atoms with E-state index in [0.717, 1.165) is 0 Å². The number of thioether (sulfide) groups is 1. The van der Waals surface area contributed by atoms with Gasteiger partial charge in [-0.2, -0.15) is 0 Å². The van der Waals surface area contributed by atoms with E-state index in [0.29, 0.717) is 43.4 Å². The van der Waals surface area contributed by atoms with E-state index < -0.39 is 5.97 Å². The van der Waals surface area contributed by atoms with Crippen molar-refractivity contribution in [2.45, 2.75) is 0 Å². The first kappa shape index (κ1) is 21.7. The molecule has 0 atom stereocenters. The summed E-state index contributed by atoms with van der Waals surface area (Å²) in [5.41, 5.74) is 1.66. The highest BCUT2D eigenvalue weighted by Crippen LogP contribution is 2.38. The van der Waals surface area contributed by atoms with E-state index in [1.807, 2.05) is 0 Å². The summed E-state index contributed by atoms with van der Waals surface area (Å²) in [6, 6.07) is 9.96. The van der Waals surface area contributed by atoms with Gasteiger partial charge in [-0.1, -0.05) is 11.6 Å². The maximum atomic E-state index is 12.7. The van der Waals surface area contributed by atoms with E-state index >= 15 is 0 Å². The number of aliphatic imine (C=N–C) groups is 1. The number of carbonyl (C=O) groups excluding carboxylic acids is 2. The standard InChI is InChI=1S/C21H19ClN2O5S/c1-24-19(25)18(10-13-9-16(27-2)17(28-3)11-15(13)22)30-21(24)23-14-7-5-12(6-8-14)20(26)29-4/h5-11H,1-4H3. The third-order valence-electron chi connectivity index (χ3n) is 4.31. The molecule has 2 aromatic carbocycles. The molecule has 7 nitrogen and oxygen atoms in total. The molecule has 2 aromatic rings. The van der Waals surface area contributed by atoms with Crippen LogP contribution in [0.5, 0.6) is 11.5 Å². The van der Waals surface area contributed by atoms with Crippen LogP contribution in [0.1, 0.15) is 15.9 Å². The van der Waals surface area contributed by atoms with Crippen molar-refractivity contribution in [1.29, 1.82) is 0 Å². The molecule has 30 heavy (non-hydrogen) atoms. The lowest BCUT2D eigenvalue weighted by molar-refractivity contribution is -0.121. The van der Waals surface area contributed by atoms with Crippen molar-refractivity contribution in [3.05, 3.63) is 57.5 Å². The van der Waals surface area contributed by atoms with Gasteiger partial charge in [0.25, 0.3) is 5.91 Å². The second kappa shape index (κ2) is 9.23. The van der Waals surface area contributed by atoms with Crippen LogP contribution in [0.25, 0.3) is 6.08 Å². The van der Waals surface area contributed by atoms with Crippen molar-refractivity contribution in [1.82, 2.24) is 4.90 Å². The van der Waals surface area contributed by atoms with Crippen molar-refractivity contribution in [2.24, 2.45) is 4.99 Å². The molecule has 0 radical (unpaired) electrons. The Hall–Kier alpha value is -2.97. The molecule has 0 bridgehead atoms. The Morgan fingerprint density at radius 1 is 1.10 bits per heavy atom. The number of esters is 1. The largest absolute Gasteiger partial charge is 0.493 e. The second-order valence-electron chi connectivity index (χ2n) is 6.14. The van der Waals surface area contributed by atoms with Crippen LogP contribution < -0.4 is 9.47 Å². The first-order valence-electron chi connectivity index (χ1n) is 8.74. The second-order valence-corrected chi connectivity index (χ2v) is 7.55. The zero-order valence-electron chi connectivity index (χ0n) is 16.8. The number of rotatable bonds is 5. The van der Waals surface area contributed by atoms with Crippen LogP contribution in [0.2, 0.25) is 5.02 Å². The fourth-order valence-electron chi connectivity index (χ4n) is 2.67. The highest BCUT2D eigenvalue weighted by atomic mass is 35.5. The fourth-order valence-corrected chi connectivity index (χ4v) is 3.86. The molecule has 0 aromatic heterocycles. The number of ether oxygens (including phenoxy) is 3. The molecule has 1 fully saturated rings. The van der Waals surface area contributed by atoms with Crippen LogP contribution in [0.15, 0.2) is 46.3 Å². The van der Waals surface area contributed by atoms with E-state index in [2.05, 4.69) is 9.73 Å². The molecule has 0 saturated carbocycles. The smallest absolute Gasteiger partial charge is 0.337 e. The Morgan fingerprint density at radius 3 is 2.33 bits per heavy atom. The lowest BCUT2D eigenvalue weighted by Crippen LogP contribution is -2.23. The van der Waals surface area contributed by atoms with Crippen LogP contribution in [-0.4, -0.2) is 50.3 Å². The third-order valence-corrected chi connectivity index (χ3v) is 5.69. The van der Waals surface area contributed by atoms with Crippen LogP contribution in [0, 0.1) is 0 Å². The summed E-state index contributed by atoms with van der Waals surface area (Å²) in [6.45, 7) is 0. The minimum atomic E-state index is -0.422. The number of nitrogens with zero attached hydrogens (tertiary/aromatic N) is 2. The predicted molar refractivity (Wildman–Crippen MR) is 118 cm³/mol. The van der Waals surface area contributed by atoms with Gasteiger partial charge in [0, 0.05) is 13.1 Å². The molecular weight excluding hydrogens is 428 g/mol. The van der Waals surface area contributed by atoms with Gasteiger partial charge in [-0.15, -0.1) is 0 Å². The lowest BCUT2D eigenvalue weighted by atomic mass is 10.1. The molecule has 1 aliphatic rings. The first-order chi connectivity index (χ1) is 14.4. The number of amidine groups is 1. The Labute approximate surface area is 183 Å². The zero-order valence-corrected chi connectivity index (χ0v) is 18.3. The summed E-state index contributed by atoms with van der Waals surface area (Å²) >= 11 is 7.56. The summed E-state index contributed by atoms with van der Waals surface area (Å²) in [7, 11) is 6.03. The van der Waals surface area contributed by atoms with Crippen molar-refractivity contribution in [3.8, 4) is 11.5 Å². The molecule has 0 spiro atoms. The van der Waals surface area contributed by atoms with Crippen molar-refractivity contribution in [3.63, 3.8) is 0 Å². The Bertz CT molecular complexity index is 1050. The van der Waals surface area contributed by atoms with Crippen molar-refractivity contribution in [2.75, 3.05) is 28.4 Å². The van der Waals surface area contributed by atoms with Gasteiger partial charge >= 0.3 is 5.97 Å². The third kappa shape index (κ3) is 4.44. The quantitative estimate of drug-likeness (QED) is 0.501. The summed E-state index contributed by atoms with van der Waals surface area (Å²) in [4.78, 5) is 30.7. The zero-order chi connectivity index (χ0) is 21.8. The Balaban J connectivity index is 1.89. The molecule has 9 heteroatoms. The number of benzene rings is 2. The average Bonchev–Trinajstić information content (AvgIpc) is 3.02. The van der Waals surface area contributed by atoms with Crippen LogP contribution in [-0.2, 0) is 9.53 Å². The molecule has 3 rings (SSSR count). The molecule has 1 saturated heterocycles. The van der Waals surface area contributed by atoms with Gasteiger partial charge in [0.1, 0.15) is 0 Å². The van der Waals surface area contributed by atoms with E-state index in [1.165, 1.54) is 38.0 Å². The number of hydrogen-bond donors (Lipinski definition) is 0. The minimum Gasteiger partial charge on any atom is -0.493 e. The van der Waals surface area contributed by atoms with Gasteiger partial charge in [0.15, 0.2) is 16.7 Å². The molecule has 156 valence electrons. The number of likely N-dealkylation sites (N-methyl/N-ethyl adjacent to an activating group) is 1. The topological polar surface area (TPSA) is 77.4 Å². The minimum absolute atomic E-state index is 0.198. The molecule has 1 amide bonds. The Morgan fingerprint density at radius 2 is 1.73 bits per heavy atom. The van der Waals surface area contributed by atoms with Gasteiger partial charge in [0.2, 0.25) is 0 Å². The number of halogens is 1. The number of hydrogen-bond acceptors (Lipinski definition) is 7. The fraction of sp³-hybridized carbons (Fsp3) is 0.190. The van der Waals surface area contributed by atoms with Gasteiger partial charge in [-0.3, -0.25) is 9.69 Å². The van der Waals surface area contributed by atoms with E-state index in [4.69, 9.17) is 21.1 Å². The molecular formula is C21H19ClN2O5S. The molecule has 0 N–H and O–H groups in total. The number of methoxy groups -OCH3 is 3. The van der Waals surface area contributed by atoms with E-state index in [-0.39, 0.29) is 5.91 Å². The van der Waals surface area contributed by atoms with Gasteiger partial charge < -0.3 is 14.2 Å². The maximum Gasteiger partial charge on any atom is 0.337 e. The first-order valence-corrected chi connectivity index (χ1v) is 9.93. The van der Waals surface area contributed by atoms with Gasteiger partial charge in [0.05, 0.1) is 42.5 Å². The van der Waals surface area contributed by atoms with Crippen molar-refractivity contribution < 1.29 is 23.8 Å². The summed E-state index contributed by atoms with van der Waals surface area (Å²) in [5, 5.41) is 0.939. The number of amides is 1. The normalized spacial score (nSPS) is 16.3. The van der Waals surface area contributed by atoms with E-state index in [1.54, 1.807) is 49.5 Å². The van der Waals surface area contributed by atoms with E-state index in [9.17, 15) is 9.59 Å². The summed E-state index contributed by atoms with van der Waals surface area (Å²) in [6.07, 6.45) is 1.69. The molecule has 0 unspecified atom stereocenters. The Kier molecular flexibility index (Phi) is 6.69. The van der Waals surface area contributed by atoms with Gasteiger partial charge in [-0.25, -0.2) is 9.79 Å². The van der Waals surface area contributed by atoms with Crippen LogP contribution in [0.4, 0.5) is 5.69 Å². The summed E-state index contributed by atoms with van der Waals surface area (Å²) < 4.78 is 15.2. The predicted octanol–water partition coefficient (Wildman–Crippen LogP) is 4.38. The monoisotopic (exact) mass is 446 g/mol. The van der Waals surface area contributed by atoms with Crippen molar-refractivity contribution >= 4 is 52.2 Å². The molecule has 1 heterocycles. The van der Waals surface area contributed by atoms with Crippen LogP contribution >= 0.6 is 23.4 Å². The highest BCUT2D eigenvalue weighted by molar-refractivity contribution is 8.18. The van der Waals surface area contributed by atoms with Gasteiger partial charge in [-0.05, 0) is 53.7 Å². The van der Waals surface area contributed by atoms with Crippen LogP contribution in [0.3, 0.4) is 0 Å². The highest BCUT2D eigenvalue weighted by Gasteiger charge is 2.30. The summed E-state index contributed by atoms with van der Waals surface area (Å²) in [5.74, 6) is 0.395. The average molecular weight is 447 g/mol. The lowest BCUT2D eigenvalue weighted by Gasteiger charge is -2.10. The SMILES string of the molecule is COC(=O)c1ccc(N=C2SC(=Cc3cc(OC)c(OC)cc3Cl)C(=O)N2C)cc1.